The molecular formula is C9H11ClO3. The summed E-state index contributed by atoms with van der Waals surface area (Å²) >= 11 is 5.61. The number of hydrogen-bond donors (Lipinski definition) is 0. The molecule has 72 valence electrons. The van der Waals surface area contributed by atoms with Crippen molar-refractivity contribution >= 4 is 18.1 Å². The van der Waals surface area contributed by atoms with Crippen molar-refractivity contribution in [3.63, 3.8) is 0 Å². The highest BCUT2D eigenvalue weighted by molar-refractivity contribution is 6.30. The van der Waals surface area contributed by atoms with Crippen LogP contribution in [0.3, 0.4) is 0 Å². The Bertz CT molecular complexity index is 233. The van der Waals surface area contributed by atoms with E-state index < -0.39 is 0 Å². The van der Waals surface area contributed by atoms with E-state index in [0.717, 1.165) is 10.8 Å². The van der Waals surface area contributed by atoms with E-state index in [0.29, 0.717) is 6.47 Å². The summed E-state index contributed by atoms with van der Waals surface area (Å²) < 4.78 is 8.77. The van der Waals surface area contributed by atoms with Crippen molar-refractivity contribution < 1.29 is 14.3 Å². The van der Waals surface area contributed by atoms with Crippen LogP contribution < -0.4 is 4.74 Å². The molecule has 0 aliphatic carbocycles. The standard InChI is InChI=1S/C7H7ClO.C2H4O2/c1-9-7-4-2-6(8)3-5-7;1-4-2-3/h2-5H,1H3;2H,1H3. The lowest BCUT2D eigenvalue weighted by molar-refractivity contribution is -0.126. The van der Waals surface area contributed by atoms with Crippen LogP contribution in [0.5, 0.6) is 5.75 Å². The molecule has 0 bridgehead atoms. The van der Waals surface area contributed by atoms with Gasteiger partial charge in [-0.05, 0) is 24.3 Å². The molecule has 0 aliphatic rings. The van der Waals surface area contributed by atoms with Gasteiger partial charge in [-0.2, -0.15) is 0 Å². The van der Waals surface area contributed by atoms with Crippen molar-refractivity contribution in [2.24, 2.45) is 0 Å². The van der Waals surface area contributed by atoms with E-state index in [1.54, 1.807) is 19.2 Å². The highest BCUT2D eigenvalue weighted by Gasteiger charge is 1.87. The molecule has 1 rings (SSSR count). The van der Waals surface area contributed by atoms with E-state index >= 15 is 0 Å². The van der Waals surface area contributed by atoms with E-state index in [-0.39, 0.29) is 0 Å². The van der Waals surface area contributed by atoms with Gasteiger partial charge >= 0.3 is 0 Å². The van der Waals surface area contributed by atoms with E-state index in [1.165, 1.54) is 7.11 Å². The minimum atomic E-state index is 0.375. The number of ether oxygens (including phenoxy) is 2. The molecule has 0 fully saturated rings. The van der Waals surface area contributed by atoms with Gasteiger partial charge in [0.2, 0.25) is 0 Å². The molecular weight excluding hydrogens is 192 g/mol. The topological polar surface area (TPSA) is 35.5 Å². The van der Waals surface area contributed by atoms with Gasteiger partial charge in [0, 0.05) is 5.02 Å². The highest BCUT2D eigenvalue weighted by Crippen LogP contribution is 2.14. The first-order valence-electron chi connectivity index (χ1n) is 3.50. The first kappa shape index (κ1) is 11.8. The third-order valence-electron chi connectivity index (χ3n) is 1.15. The predicted octanol–water partition coefficient (Wildman–Crippen LogP) is 2.14. The Morgan fingerprint density at radius 3 is 2.00 bits per heavy atom. The maximum absolute atomic E-state index is 8.95. The number of benzene rings is 1. The Hall–Kier alpha value is -1.22. The molecule has 0 radical (unpaired) electrons. The summed E-state index contributed by atoms with van der Waals surface area (Å²) in [5.74, 6) is 0.833. The Kier molecular flexibility index (Phi) is 6.73. The van der Waals surface area contributed by atoms with Gasteiger partial charge in [-0.25, -0.2) is 0 Å². The molecule has 1 aromatic carbocycles. The maximum Gasteiger partial charge on any atom is 0.292 e. The number of hydrogen-bond acceptors (Lipinski definition) is 3. The molecule has 0 atom stereocenters. The lowest BCUT2D eigenvalue weighted by Gasteiger charge is -1.96. The van der Waals surface area contributed by atoms with Crippen LogP contribution >= 0.6 is 11.6 Å². The SMILES string of the molecule is COC=O.COc1ccc(Cl)cc1. The summed E-state index contributed by atoms with van der Waals surface area (Å²) in [6, 6.07) is 7.23. The fraction of sp³-hybridized carbons (Fsp3) is 0.222. The fourth-order valence-corrected chi connectivity index (χ4v) is 0.697. The van der Waals surface area contributed by atoms with Crippen molar-refractivity contribution in [2.45, 2.75) is 0 Å². The zero-order valence-corrected chi connectivity index (χ0v) is 8.25. The Morgan fingerprint density at radius 2 is 1.69 bits per heavy atom. The van der Waals surface area contributed by atoms with Gasteiger partial charge in [-0.3, -0.25) is 4.79 Å². The first-order chi connectivity index (χ1) is 6.24. The summed E-state index contributed by atoms with van der Waals surface area (Å²) in [6.07, 6.45) is 0. The van der Waals surface area contributed by atoms with E-state index in [9.17, 15) is 0 Å². The summed E-state index contributed by atoms with van der Waals surface area (Å²) in [6.45, 7) is 0.375. The van der Waals surface area contributed by atoms with Crippen LogP contribution in [0.25, 0.3) is 0 Å². The fourth-order valence-electron chi connectivity index (χ4n) is 0.571. The van der Waals surface area contributed by atoms with Crippen LogP contribution in [0.15, 0.2) is 24.3 Å². The number of carbonyl (C=O) groups is 1. The molecule has 0 heterocycles. The molecule has 3 nitrogen and oxygen atoms in total. The second-order valence-electron chi connectivity index (χ2n) is 1.99. The first-order valence-corrected chi connectivity index (χ1v) is 3.88. The Balaban J connectivity index is 0.000000310. The van der Waals surface area contributed by atoms with Crippen LogP contribution in [0.4, 0.5) is 0 Å². The lowest BCUT2D eigenvalue weighted by atomic mass is 10.3. The number of carbonyl (C=O) groups excluding carboxylic acids is 1. The molecule has 0 aromatic heterocycles. The maximum atomic E-state index is 8.95. The molecule has 1 aromatic rings. The normalized spacial score (nSPS) is 7.92. The summed E-state index contributed by atoms with van der Waals surface area (Å²) in [7, 11) is 2.94. The quantitative estimate of drug-likeness (QED) is 0.690. The third-order valence-corrected chi connectivity index (χ3v) is 1.40. The number of rotatable bonds is 2. The monoisotopic (exact) mass is 202 g/mol. The Morgan fingerprint density at radius 1 is 1.23 bits per heavy atom. The van der Waals surface area contributed by atoms with E-state index in [1.807, 2.05) is 12.1 Å². The average molecular weight is 203 g/mol. The van der Waals surface area contributed by atoms with Crippen LogP contribution in [0.2, 0.25) is 5.02 Å². The number of halogens is 1. The second kappa shape index (κ2) is 7.43. The van der Waals surface area contributed by atoms with Crippen LogP contribution in [-0.2, 0) is 9.53 Å². The highest BCUT2D eigenvalue weighted by atomic mass is 35.5. The van der Waals surface area contributed by atoms with Gasteiger partial charge in [-0.1, -0.05) is 11.6 Å². The van der Waals surface area contributed by atoms with Crippen molar-refractivity contribution in [1.29, 1.82) is 0 Å². The molecule has 0 N–H and O–H groups in total. The van der Waals surface area contributed by atoms with Gasteiger partial charge in [0.05, 0.1) is 14.2 Å². The summed E-state index contributed by atoms with van der Waals surface area (Å²) in [5.41, 5.74) is 0. The van der Waals surface area contributed by atoms with Crippen molar-refractivity contribution in [1.82, 2.24) is 0 Å². The summed E-state index contributed by atoms with van der Waals surface area (Å²) in [5, 5.41) is 0.732. The molecule has 0 saturated carbocycles. The van der Waals surface area contributed by atoms with Gasteiger partial charge in [0.15, 0.2) is 0 Å². The van der Waals surface area contributed by atoms with Crippen LogP contribution in [0, 0.1) is 0 Å². The molecule has 0 amide bonds. The average Bonchev–Trinajstić information content (AvgIpc) is 2.19. The minimum absolute atomic E-state index is 0.375. The third kappa shape index (κ3) is 5.99. The van der Waals surface area contributed by atoms with Crippen LogP contribution in [0.1, 0.15) is 0 Å². The molecule has 0 unspecified atom stereocenters. The van der Waals surface area contributed by atoms with Crippen molar-refractivity contribution in [3.8, 4) is 5.75 Å². The molecule has 0 aliphatic heterocycles. The van der Waals surface area contributed by atoms with E-state index in [4.69, 9.17) is 21.1 Å². The molecule has 0 spiro atoms. The molecule has 0 saturated heterocycles. The number of methoxy groups -OCH3 is 2. The molecule has 13 heavy (non-hydrogen) atoms. The Labute approximate surface area is 82.2 Å². The smallest absolute Gasteiger partial charge is 0.292 e. The largest absolute Gasteiger partial charge is 0.497 e. The zero-order chi connectivity index (χ0) is 10.1. The van der Waals surface area contributed by atoms with Gasteiger partial charge in [-0.15, -0.1) is 0 Å². The van der Waals surface area contributed by atoms with Crippen molar-refractivity contribution in [3.05, 3.63) is 29.3 Å². The molecule has 4 heteroatoms. The van der Waals surface area contributed by atoms with Gasteiger partial charge in [0.1, 0.15) is 5.75 Å². The predicted molar refractivity (Wildman–Crippen MR) is 51.1 cm³/mol. The van der Waals surface area contributed by atoms with Crippen LogP contribution in [-0.4, -0.2) is 20.7 Å². The van der Waals surface area contributed by atoms with Crippen molar-refractivity contribution in [2.75, 3.05) is 14.2 Å². The lowest BCUT2D eigenvalue weighted by Crippen LogP contribution is -1.79. The van der Waals surface area contributed by atoms with Gasteiger partial charge in [0.25, 0.3) is 6.47 Å². The van der Waals surface area contributed by atoms with Gasteiger partial charge < -0.3 is 9.47 Å². The minimum Gasteiger partial charge on any atom is -0.497 e. The second-order valence-corrected chi connectivity index (χ2v) is 2.43. The van der Waals surface area contributed by atoms with E-state index in [2.05, 4.69) is 4.74 Å². The summed E-state index contributed by atoms with van der Waals surface area (Å²) in [4.78, 5) is 8.95. The zero-order valence-electron chi connectivity index (χ0n) is 7.49.